The van der Waals surface area contributed by atoms with Gasteiger partial charge in [0.25, 0.3) is 5.56 Å². The predicted octanol–water partition coefficient (Wildman–Crippen LogP) is 2.37. The first kappa shape index (κ1) is 17.2. The van der Waals surface area contributed by atoms with Crippen LogP contribution in [0.4, 0.5) is 0 Å². The molecule has 0 fully saturated rings. The lowest BCUT2D eigenvalue weighted by Crippen LogP contribution is -2.35. The molecule has 0 spiro atoms. The molecule has 0 aliphatic carbocycles. The van der Waals surface area contributed by atoms with E-state index in [1.165, 1.54) is 7.11 Å². The van der Waals surface area contributed by atoms with E-state index in [1.54, 1.807) is 24.5 Å². The zero-order valence-corrected chi connectivity index (χ0v) is 14.9. The quantitative estimate of drug-likeness (QED) is 0.714. The third kappa shape index (κ3) is 3.54. The van der Waals surface area contributed by atoms with Gasteiger partial charge in [0.05, 0.1) is 24.6 Å². The van der Waals surface area contributed by atoms with Gasteiger partial charge in [0.2, 0.25) is 0 Å². The highest BCUT2D eigenvalue weighted by Gasteiger charge is 2.22. The number of aromatic nitrogens is 2. The summed E-state index contributed by atoms with van der Waals surface area (Å²) in [5.74, 6) is 0.633. The molecule has 7 nitrogen and oxygen atoms in total. The highest BCUT2D eigenvalue weighted by atomic mass is 16.5. The Balaban J connectivity index is 1.56. The van der Waals surface area contributed by atoms with Crippen LogP contribution in [-0.2, 0) is 24.2 Å². The molecule has 0 saturated heterocycles. The van der Waals surface area contributed by atoms with Crippen LogP contribution in [0.1, 0.15) is 27.2 Å². The number of fused-ring (bicyclic) bond motifs is 1. The molecular formula is C20H19N3O4. The average molecular weight is 365 g/mol. The van der Waals surface area contributed by atoms with Gasteiger partial charge in [-0.1, -0.05) is 12.1 Å². The number of ether oxygens (including phenoxy) is 1. The van der Waals surface area contributed by atoms with Crippen molar-refractivity contribution >= 4 is 5.97 Å². The van der Waals surface area contributed by atoms with Crippen LogP contribution in [0.15, 0.2) is 51.9 Å². The first-order valence-corrected chi connectivity index (χ1v) is 8.69. The summed E-state index contributed by atoms with van der Waals surface area (Å²) in [4.78, 5) is 33.7. The van der Waals surface area contributed by atoms with Gasteiger partial charge in [0, 0.05) is 25.2 Å². The molecule has 1 aliphatic heterocycles. The zero-order valence-electron chi connectivity index (χ0n) is 14.9. The molecule has 1 N–H and O–H groups in total. The second kappa shape index (κ2) is 7.20. The number of carbonyl (C=O) groups is 1. The number of furan rings is 1. The van der Waals surface area contributed by atoms with Crippen molar-refractivity contribution in [2.24, 2.45) is 0 Å². The summed E-state index contributed by atoms with van der Waals surface area (Å²) in [7, 11) is 1.37. The minimum atomic E-state index is -0.350. The Morgan fingerprint density at radius 1 is 1.33 bits per heavy atom. The van der Waals surface area contributed by atoms with E-state index >= 15 is 0 Å². The van der Waals surface area contributed by atoms with Crippen LogP contribution >= 0.6 is 0 Å². The van der Waals surface area contributed by atoms with E-state index in [9.17, 15) is 9.59 Å². The van der Waals surface area contributed by atoms with E-state index in [1.807, 2.05) is 18.2 Å². The van der Waals surface area contributed by atoms with Crippen molar-refractivity contribution in [1.29, 1.82) is 0 Å². The van der Waals surface area contributed by atoms with Crippen molar-refractivity contribution in [2.75, 3.05) is 13.7 Å². The third-order valence-corrected chi connectivity index (χ3v) is 4.66. The Labute approximate surface area is 155 Å². The minimum Gasteiger partial charge on any atom is -0.465 e. The second-order valence-electron chi connectivity index (χ2n) is 6.47. The number of methoxy groups -OCH3 is 1. The van der Waals surface area contributed by atoms with Crippen molar-refractivity contribution in [2.45, 2.75) is 19.5 Å². The number of esters is 1. The molecule has 7 heteroatoms. The van der Waals surface area contributed by atoms with E-state index in [0.29, 0.717) is 36.7 Å². The smallest absolute Gasteiger partial charge is 0.337 e. The fourth-order valence-corrected chi connectivity index (χ4v) is 3.33. The number of hydrogen-bond acceptors (Lipinski definition) is 6. The van der Waals surface area contributed by atoms with Crippen LogP contribution in [0.25, 0.3) is 11.6 Å². The number of hydrogen-bond donors (Lipinski definition) is 1. The van der Waals surface area contributed by atoms with E-state index in [4.69, 9.17) is 9.15 Å². The summed E-state index contributed by atoms with van der Waals surface area (Å²) in [6, 6.07) is 10.9. The summed E-state index contributed by atoms with van der Waals surface area (Å²) in [6.07, 6.45) is 2.18. The number of nitrogens with one attached hydrogen (secondary N) is 1. The molecule has 138 valence electrons. The van der Waals surface area contributed by atoms with Gasteiger partial charge in [0.1, 0.15) is 0 Å². The lowest BCUT2D eigenvalue weighted by Gasteiger charge is -2.27. The molecule has 3 aromatic rings. The number of nitrogens with zero attached hydrogens (tertiary/aromatic N) is 2. The molecule has 0 amide bonds. The van der Waals surface area contributed by atoms with Crippen LogP contribution in [0.2, 0.25) is 0 Å². The molecule has 0 radical (unpaired) electrons. The molecule has 1 aromatic carbocycles. The number of aromatic amines is 1. The van der Waals surface area contributed by atoms with E-state index in [2.05, 4.69) is 14.9 Å². The largest absolute Gasteiger partial charge is 0.465 e. The molecule has 0 atom stereocenters. The number of H-pyrrole nitrogens is 1. The maximum absolute atomic E-state index is 12.4. The van der Waals surface area contributed by atoms with E-state index < -0.39 is 0 Å². The van der Waals surface area contributed by atoms with Gasteiger partial charge in [-0.25, -0.2) is 9.78 Å². The highest BCUT2D eigenvalue weighted by Crippen LogP contribution is 2.20. The third-order valence-electron chi connectivity index (χ3n) is 4.66. The number of carbonyl (C=O) groups excluding carboxylic acids is 1. The van der Waals surface area contributed by atoms with Crippen LogP contribution in [0.3, 0.4) is 0 Å². The summed E-state index contributed by atoms with van der Waals surface area (Å²) in [5.41, 5.74) is 2.92. The average Bonchev–Trinajstić information content (AvgIpc) is 3.22. The summed E-state index contributed by atoms with van der Waals surface area (Å²) >= 11 is 0. The van der Waals surface area contributed by atoms with Crippen LogP contribution in [-0.4, -0.2) is 34.5 Å². The monoisotopic (exact) mass is 365 g/mol. The van der Waals surface area contributed by atoms with Crippen molar-refractivity contribution in [1.82, 2.24) is 14.9 Å². The van der Waals surface area contributed by atoms with Gasteiger partial charge >= 0.3 is 5.97 Å². The first-order chi connectivity index (χ1) is 13.1. The first-order valence-electron chi connectivity index (χ1n) is 8.69. The molecule has 0 saturated carbocycles. The van der Waals surface area contributed by atoms with E-state index in [0.717, 1.165) is 23.4 Å². The molecule has 4 rings (SSSR count). The molecule has 2 aromatic heterocycles. The Bertz CT molecular complexity index is 1020. The van der Waals surface area contributed by atoms with Gasteiger partial charge < -0.3 is 14.1 Å². The fraction of sp³-hybridized carbons (Fsp3) is 0.250. The van der Waals surface area contributed by atoms with E-state index in [-0.39, 0.29) is 11.5 Å². The topological polar surface area (TPSA) is 88.4 Å². The second-order valence-corrected chi connectivity index (χ2v) is 6.47. The highest BCUT2D eigenvalue weighted by molar-refractivity contribution is 5.89. The number of benzene rings is 1. The lowest BCUT2D eigenvalue weighted by atomic mass is 10.0. The summed E-state index contributed by atoms with van der Waals surface area (Å²) < 4.78 is 10.1. The van der Waals surface area contributed by atoms with Gasteiger partial charge in [0.15, 0.2) is 11.6 Å². The minimum absolute atomic E-state index is 0.112. The Kier molecular flexibility index (Phi) is 4.60. The van der Waals surface area contributed by atoms with Crippen LogP contribution in [0.5, 0.6) is 0 Å². The van der Waals surface area contributed by atoms with Gasteiger partial charge in [-0.15, -0.1) is 0 Å². The van der Waals surface area contributed by atoms with Crippen LogP contribution < -0.4 is 5.56 Å². The maximum atomic E-state index is 12.4. The number of rotatable bonds is 4. The standard InChI is InChI=1S/C20H19N3O4/c1-26-20(25)14-5-2-4-13(10-14)11-23-8-7-15-16(12-23)21-18(22-19(15)24)17-6-3-9-27-17/h2-6,9-10H,7-8,11-12H2,1H3,(H,21,22,24). The fourth-order valence-electron chi connectivity index (χ4n) is 3.33. The van der Waals surface area contributed by atoms with Crippen molar-refractivity contribution < 1.29 is 13.9 Å². The SMILES string of the molecule is COC(=O)c1cccc(CN2CCc3c(nc(-c4ccco4)[nH]c3=O)C2)c1. The van der Waals surface area contributed by atoms with Crippen molar-refractivity contribution in [3.05, 3.63) is 75.4 Å². The molecular weight excluding hydrogens is 346 g/mol. The molecule has 0 unspecified atom stereocenters. The Hall–Kier alpha value is -3.19. The van der Waals surface area contributed by atoms with Gasteiger partial charge in [-0.05, 0) is 36.2 Å². The lowest BCUT2D eigenvalue weighted by molar-refractivity contribution is 0.0600. The van der Waals surface area contributed by atoms with Crippen molar-refractivity contribution in [3.8, 4) is 11.6 Å². The molecule has 1 aliphatic rings. The van der Waals surface area contributed by atoms with Crippen molar-refractivity contribution in [3.63, 3.8) is 0 Å². The maximum Gasteiger partial charge on any atom is 0.337 e. The summed E-state index contributed by atoms with van der Waals surface area (Å²) in [6.45, 7) is 1.98. The molecule has 27 heavy (non-hydrogen) atoms. The predicted molar refractivity (Wildman–Crippen MR) is 98.2 cm³/mol. The normalized spacial score (nSPS) is 14.0. The summed E-state index contributed by atoms with van der Waals surface area (Å²) in [5, 5.41) is 0. The van der Waals surface area contributed by atoms with Gasteiger partial charge in [-0.2, -0.15) is 0 Å². The Morgan fingerprint density at radius 2 is 2.22 bits per heavy atom. The molecule has 0 bridgehead atoms. The Morgan fingerprint density at radius 3 is 3.00 bits per heavy atom. The van der Waals surface area contributed by atoms with Crippen LogP contribution in [0, 0.1) is 0 Å². The van der Waals surface area contributed by atoms with Gasteiger partial charge in [-0.3, -0.25) is 9.69 Å². The molecule has 3 heterocycles. The zero-order chi connectivity index (χ0) is 18.8.